The summed E-state index contributed by atoms with van der Waals surface area (Å²) in [4.78, 5) is 0. The van der Waals surface area contributed by atoms with Crippen molar-refractivity contribution in [3.63, 3.8) is 0 Å². The lowest BCUT2D eigenvalue weighted by Gasteiger charge is -2.35. The summed E-state index contributed by atoms with van der Waals surface area (Å²) in [5, 5.41) is 11.8. The standard InChI is InChI=1S/C25H29NO/c1-18-8-12-21(13-9-18)16-25(27,17-22-14-10-19(2)11-15-22)24(26)23-7-5-4-6-20(23)3/h4-15,24,27H,16-17,26H2,1-3H3/t24-/m1/s1. The SMILES string of the molecule is Cc1ccc(CC(O)(Cc2ccc(C)cc2)[C@H](N)c2ccccc2C)cc1. The lowest BCUT2D eigenvalue weighted by molar-refractivity contribution is 0.0134. The first kappa shape index (κ1) is 19.3. The fourth-order valence-corrected chi connectivity index (χ4v) is 3.63. The third kappa shape index (κ3) is 4.65. The predicted molar refractivity (Wildman–Crippen MR) is 113 cm³/mol. The molecular weight excluding hydrogens is 330 g/mol. The number of hydrogen-bond donors (Lipinski definition) is 2. The van der Waals surface area contributed by atoms with Crippen LogP contribution in [0.5, 0.6) is 0 Å². The number of benzene rings is 3. The average molecular weight is 360 g/mol. The van der Waals surface area contributed by atoms with E-state index in [4.69, 9.17) is 5.73 Å². The summed E-state index contributed by atoms with van der Waals surface area (Å²) in [6, 6.07) is 24.3. The van der Waals surface area contributed by atoms with Gasteiger partial charge in [0.25, 0.3) is 0 Å². The van der Waals surface area contributed by atoms with Crippen molar-refractivity contribution in [3.8, 4) is 0 Å². The number of hydrogen-bond acceptors (Lipinski definition) is 2. The zero-order valence-corrected chi connectivity index (χ0v) is 16.4. The van der Waals surface area contributed by atoms with E-state index in [2.05, 4.69) is 62.4 Å². The second-order valence-corrected chi connectivity index (χ2v) is 7.76. The van der Waals surface area contributed by atoms with Crippen LogP contribution in [-0.4, -0.2) is 10.7 Å². The minimum Gasteiger partial charge on any atom is -0.387 e. The highest BCUT2D eigenvalue weighted by Crippen LogP contribution is 2.32. The summed E-state index contributed by atoms with van der Waals surface area (Å²) >= 11 is 0. The molecule has 0 aliphatic heterocycles. The molecule has 0 radical (unpaired) electrons. The second kappa shape index (κ2) is 8.08. The molecule has 0 saturated carbocycles. The number of aryl methyl sites for hydroxylation is 3. The van der Waals surface area contributed by atoms with E-state index >= 15 is 0 Å². The van der Waals surface area contributed by atoms with Gasteiger partial charge in [0.15, 0.2) is 0 Å². The number of rotatable bonds is 6. The maximum atomic E-state index is 11.8. The van der Waals surface area contributed by atoms with Crippen molar-refractivity contribution in [3.05, 3.63) is 106 Å². The Morgan fingerprint density at radius 1 is 0.741 bits per heavy atom. The molecule has 0 amide bonds. The van der Waals surface area contributed by atoms with Crippen molar-refractivity contribution < 1.29 is 5.11 Å². The van der Waals surface area contributed by atoms with Gasteiger partial charge in [-0.05, 0) is 43.0 Å². The highest BCUT2D eigenvalue weighted by atomic mass is 16.3. The van der Waals surface area contributed by atoms with Gasteiger partial charge < -0.3 is 10.8 Å². The van der Waals surface area contributed by atoms with Gasteiger partial charge in [0, 0.05) is 12.8 Å². The lowest BCUT2D eigenvalue weighted by atomic mass is 9.78. The lowest BCUT2D eigenvalue weighted by Crippen LogP contribution is -2.45. The molecule has 1 atom stereocenters. The fraction of sp³-hybridized carbons (Fsp3) is 0.280. The van der Waals surface area contributed by atoms with Crippen molar-refractivity contribution in [1.82, 2.24) is 0 Å². The third-order valence-electron chi connectivity index (χ3n) is 5.36. The van der Waals surface area contributed by atoms with E-state index in [1.54, 1.807) is 0 Å². The number of nitrogens with two attached hydrogens (primary N) is 1. The average Bonchev–Trinajstić information content (AvgIpc) is 2.65. The van der Waals surface area contributed by atoms with Gasteiger partial charge in [-0.25, -0.2) is 0 Å². The van der Waals surface area contributed by atoms with E-state index < -0.39 is 11.6 Å². The molecule has 0 bridgehead atoms. The molecule has 0 heterocycles. The van der Waals surface area contributed by atoms with Gasteiger partial charge in [-0.3, -0.25) is 0 Å². The van der Waals surface area contributed by atoms with Crippen LogP contribution in [-0.2, 0) is 12.8 Å². The summed E-state index contributed by atoms with van der Waals surface area (Å²) in [6.45, 7) is 6.19. The van der Waals surface area contributed by atoms with Crippen molar-refractivity contribution in [2.24, 2.45) is 5.73 Å². The second-order valence-electron chi connectivity index (χ2n) is 7.76. The van der Waals surface area contributed by atoms with E-state index in [9.17, 15) is 5.11 Å². The minimum absolute atomic E-state index is 0.471. The molecule has 3 N–H and O–H groups in total. The molecule has 0 fully saturated rings. The minimum atomic E-state index is -1.07. The van der Waals surface area contributed by atoms with E-state index in [-0.39, 0.29) is 0 Å². The van der Waals surface area contributed by atoms with Gasteiger partial charge in [-0.2, -0.15) is 0 Å². The fourth-order valence-electron chi connectivity index (χ4n) is 3.63. The summed E-state index contributed by atoms with van der Waals surface area (Å²) in [5.41, 5.74) is 12.3. The van der Waals surface area contributed by atoms with Crippen LogP contribution in [0.4, 0.5) is 0 Å². The molecule has 0 saturated heterocycles. The molecule has 0 aliphatic carbocycles. The highest BCUT2D eigenvalue weighted by molar-refractivity contribution is 5.34. The molecule has 3 rings (SSSR count). The van der Waals surface area contributed by atoms with E-state index in [0.29, 0.717) is 12.8 Å². The molecule has 3 aromatic carbocycles. The first-order valence-electron chi connectivity index (χ1n) is 9.52. The summed E-state index contributed by atoms with van der Waals surface area (Å²) < 4.78 is 0. The molecule has 3 aromatic rings. The van der Waals surface area contributed by atoms with Crippen LogP contribution in [0.15, 0.2) is 72.8 Å². The van der Waals surface area contributed by atoms with Crippen LogP contribution in [0, 0.1) is 20.8 Å². The van der Waals surface area contributed by atoms with Gasteiger partial charge in [0.1, 0.15) is 0 Å². The normalized spacial score (nSPS) is 12.8. The molecule has 0 unspecified atom stereocenters. The quantitative estimate of drug-likeness (QED) is 0.662. The number of aliphatic hydroxyl groups is 1. The van der Waals surface area contributed by atoms with Crippen LogP contribution in [0.2, 0.25) is 0 Å². The molecule has 2 heteroatoms. The van der Waals surface area contributed by atoms with Crippen molar-refractivity contribution >= 4 is 0 Å². The van der Waals surface area contributed by atoms with Crippen molar-refractivity contribution in [2.45, 2.75) is 45.3 Å². The molecule has 0 aromatic heterocycles. The van der Waals surface area contributed by atoms with Gasteiger partial charge in [-0.1, -0.05) is 83.9 Å². The van der Waals surface area contributed by atoms with E-state index in [0.717, 1.165) is 22.3 Å². The van der Waals surface area contributed by atoms with Gasteiger partial charge >= 0.3 is 0 Å². The molecular formula is C25H29NO. The predicted octanol–water partition coefficient (Wildman–Crippen LogP) is 4.83. The summed E-state index contributed by atoms with van der Waals surface area (Å²) in [5.74, 6) is 0. The topological polar surface area (TPSA) is 46.2 Å². The maximum Gasteiger partial charge on any atom is 0.0919 e. The Hall–Kier alpha value is -2.42. The van der Waals surface area contributed by atoms with Crippen LogP contribution in [0.1, 0.15) is 39.4 Å². The molecule has 140 valence electrons. The van der Waals surface area contributed by atoms with E-state index in [1.165, 1.54) is 11.1 Å². The Morgan fingerprint density at radius 2 is 1.19 bits per heavy atom. The third-order valence-corrected chi connectivity index (χ3v) is 5.36. The molecule has 27 heavy (non-hydrogen) atoms. The van der Waals surface area contributed by atoms with Crippen molar-refractivity contribution in [1.29, 1.82) is 0 Å². The Kier molecular flexibility index (Phi) is 5.79. The Balaban J connectivity index is 1.97. The van der Waals surface area contributed by atoms with Crippen LogP contribution < -0.4 is 5.73 Å². The van der Waals surface area contributed by atoms with Gasteiger partial charge in [0.05, 0.1) is 11.6 Å². The largest absolute Gasteiger partial charge is 0.387 e. The maximum absolute atomic E-state index is 11.8. The monoisotopic (exact) mass is 359 g/mol. The zero-order chi connectivity index (χ0) is 19.4. The molecule has 0 aliphatic rings. The van der Waals surface area contributed by atoms with Gasteiger partial charge in [0.2, 0.25) is 0 Å². The first-order valence-corrected chi connectivity index (χ1v) is 9.52. The van der Waals surface area contributed by atoms with Crippen LogP contribution >= 0.6 is 0 Å². The first-order chi connectivity index (χ1) is 12.9. The Bertz CT molecular complexity index is 833. The Morgan fingerprint density at radius 3 is 1.63 bits per heavy atom. The summed E-state index contributed by atoms with van der Waals surface area (Å²) in [7, 11) is 0. The summed E-state index contributed by atoms with van der Waals surface area (Å²) in [6.07, 6.45) is 1.02. The molecule has 0 spiro atoms. The van der Waals surface area contributed by atoms with Crippen LogP contribution in [0.25, 0.3) is 0 Å². The van der Waals surface area contributed by atoms with E-state index in [1.807, 2.05) is 31.2 Å². The molecule has 2 nitrogen and oxygen atoms in total. The zero-order valence-electron chi connectivity index (χ0n) is 16.4. The highest BCUT2D eigenvalue weighted by Gasteiger charge is 2.36. The Labute approximate surface area is 162 Å². The van der Waals surface area contributed by atoms with Crippen LogP contribution in [0.3, 0.4) is 0 Å². The smallest absolute Gasteiger partial charge is 0.0919 e. The van der Waals surface area contributed by atoms with Gasteiger partial charge in [-0.15, -0.1) is 0 Å². The van der Waals surface area contributed by atoms with Crippen molar-refractivity contribution in [2.75, 3.05) is 0 Å².